The lowest BCUT2D eigenvalue weighted by Crippen LogP contribution is -2.37. The average molecular weight is 738 g/mol. The monoisotopic (exact) mass is 737 g/mol. The van der Waals surface area contributed by atoms with Gasteiger partial charge in [-0.3, -0.25) is 23.0 Å². The normalized spacial score (nSPS) is 13.3. The van der Waals surface area contributed by atoms with Gasteiger partial charge in [0.15, 0.2) is 0 Å². The van der Waals surface area contributed by atoms with Crippen molar-refractivity contribution in [1.82, 2.24) is 4.90 Å². The molecule has 1 fully saturated rings. The average Bonchev–Trinajstić information content (AvgIpc) is 3.67. The number of fused-ring (bicyclic) bond motifs is 1. The lowest BCUT2D eigenvalue weighted by molar-refractivity contribution is -0.136. The Bertz CT molecular complexity index is 2200. The molecule has 1 saturated heterocycles. The number of carbonyl (C=O) groups is 3. The molecule has 1 aliphatic rings. The Morgan fingerprint density at radius 1 is 0.725 bits per heavy atom. The molecule has 0 radical (unpaired) electrons. The molecule has 0 unspecified atom stereocenters. The molecule has 51 heavy (non-hydrogen) atoms. The fraction of sp³-hybridized carbons (Fsp3) is 0.229. The number of hydrogen-bond donors (Lipinski definition) is 2. The molecule has 5 rings (SSSR count). The molecule has 4 aromatic carbocycles. The molecule has 0 bridgehead atoms. The van der Waals surface area contributed by atoms with Crippen LogP contribution in [-0.4, -0.2) is 90.2 Å². The number of carboxylic acids is 2. The first-order valence-corrected chi connectivity index (χ1v) is 18.5. The highest BCUT2D eigenvalue weighted by molar-refractivity contribution is 7.93. The molecular formula is C35H35N3O11S2. The van der Waals surface area contributed by atoms with Crippen molar-refractivity contribution in [3.8, 4) is 11.5 Å². The van der Waals surface area contributed by atoms with Gasteiger partial charge in [-0.1, -0.05) is 24.3 Å². The van der Waals surface area contributed by atoms with Crippen molar-refractivity contribution < 1.29 is 50.9 Å². The van der Waals surface area contributed by atoms with Gasteiger partial charge in [-0.05, 0) is 73.5 Å². The van der Waals surface area contributed by atoms with Gasteiger partial charge in [0, 0.05) is 35.5 Å². The second-order valence-electron chi connectivity index (χ2n) is 11.4. The van der Waals surface area contributed by atoms with Gasteiger partial charge in [0.25, 0.3) is 20.0 Å². The summed E-state index contributed by atoms with van der Waals surface area (Å²) >= 11 is 0. The van der Waals surface area contributed by atoms with Gasteiger partial charge in [-0.2, -0.15) is 0 Å². The molecule has 1 heterocycles. The Hall–Kier alpha value is -5.61. The molecule has 0 atom stereocenters. The number of anilines is 2. The molecule has 268 valence electrons. The summed E-state index contributed by atoms with van der Waals surface area (Å²) in [5.74, 6) is -2.67. The third-order valence-electron chi connectivity index (χ3n) is 8.22. The number of hydrogen-bond acceptors (Lipinski definition) is 9. The van der Waals surface area contributed by atoms with E-state index in [2.05, 4.69) is 0 Å². The largest absolute Gasteiger partial charge is 0.497 e. The fourth-order valence-electron chi connectivity index (χ4n) is 5.76. The number of carbonyl (C=O) groups excluding carboxylic acids is 1. The van der Waals surface area contributed by atoms with E-state index < -0.39 is 51.0 Å². The Balaban J connectivity index is 1.82. The van der Waals surface area contributed by atoms with Crippen LogP contribution in [0.15, 0.2) is 94.7 Å². The van der Waals surface area contributed by atoms with Gasteiger partial charge in [-0.15, -0.1) is 0 Å². The Morgan fingerprint density at radius 3 is 1.69 bits per heavy atom. The molecule has 14 nitrogen and oxygen atoms in total. The molecule has 2 N–H and O–H groups in total. The Labute approximate surface area is 294 Å². The van der Waals surface area contributed by atoms with Gasteiger partial charge < -0.3 is 24.6 Å². The van der Waals surface area contributed by atoms with Crippen LogP contribution in [-0.2, 0) is 34.4 Å². The number of benzene rings is 4. The van der Waals surface area contributed by atoms with Crippen LogP contribution in [0.2, 0.25) is 0 Å². The second kappa shape index (κ2) is 15.1. The van der Waals surface area contributed by atoms with E-state index in [1.165, 1.54) is 99.2 Å². The minimum absolute atomic E-state index is 0.0603. The summed E-state index contributed by atoms with van der Waals surface area (Å²) in [5.41, 5.74) is -0.386. The van der Waals surface area contributed by atoms with Crippen LogP contribution >= 0.6 is 0 Å². The molecule has 1 amide bonds. The number of methoxy groups -OCH3 is 2. The number of ether oxygens (including phenoxy) is 2. The maximum Gasteiger partial charge on any atom is 0.324 e. The predicted molar refractivity (Wildman–Crippen MR) is 189 cm³/mol. The zero-order chi connectivity index (χ0) is 36.9. The van der Waals surface area contributed by atoms with E-state index in [1.807, 2.05) is 0 Å². The molecule has 16 heteroatoms. The first-order chi connectivity index (χ1) is 24.3. The highest BCUT2D eigenvalue weighted by atomic mass is 32.2. The minimum atomic E-state index is -4.64. The minimum Gasteiger partial charge on any atom is -0.497 e. The van der Waals surface area contributed by atoms with Crippen molar-refractivity contribution in [1.29, 1.82) is 0 Å². The van der Waals surface area contributed by atoms with E-state index in [-0.39, 0.29) is 37.5 Å². The highest BCUT2D eigenvalue weighted by Gasteiger charge is 2.34. The third-order valence-corrected chi connectivity index (χ3v) is 11.8. The van der Waals surface area contributed by atoms with E-state index in [0.29, 0.717) is 33.2 Å². The first-order valence-electron chi connectivity index (χ1n) is 15.6. The van der Waals surface area contributed by atoms with Crippen LogP contribution < -0.4 is 18.1 Å². The highest BCUT2D eigenvalue weighted by Crippen LogP contribution is 2.42. The van der Waals surface area contributed by atoms with Crippen molar-refractivity contribution in [2.75, 3.05) is 49.0 Å². The van der Waals surface area contributed by atoms with Crippen LogP contribution in [0.4, 0.5) is 11.4 Å². The van der Waals surface area contributed by atoms with E-state index in [9.17, 15) is 41.4 Å². The number of sulfonamides is 2. The van der Waals surface area contributed by atoms with Crippen LogP contribution in [0.5, 0.6) is 11.5 Å². The van der Waals surface area contributed by atoms with Crippen molar-refractivity contribution in [3.63, 3.8) is 0 Å². The summed E-state index contributed by atoms with van der Waals surface area (Å²) in [7, 11) is -6.44. The standard InChI is InChI=1S/C35H35N3O11S2/c1-48-25-10-14-27(15-11-25)50(44,45)37(22-33(40)41)31-21-24(9-18-32(39)36-19-5-6-20-36)35(30-8-4-3-7-29(30)31)38(23-34(42)43)51(46,47)28-16-12-26(49-2)13-17-28/h3-4,7-18,21H,5-6,19-20,22-23H2,1-2H3,(H,40,41)(H,42,43)/b18-9-. The molecular weight excluding hydrogens is 703 g/mol. The van der Waals surface area contributed by atoms with Crippen LogP contribution in [0, 0.1) is 0 Å². The smallest absolute Gasteiger partial charge is 0.324 e. The van der Waals surface area contributed by atoms with Gasteiger partial charge >= 0.3 is 11.9 Å². The number of rotatable bonds is 14. The molecule has 0 saturated carbocycles. The second-order valence-corrected chi connectivity index (χ2v) is 15.1. The molecule has 1 aliphatic heterocycles. The first kappa shape index (κ1) is 36.7. The lowest BCUT2D eigenvalue weighted by atomic mass is 10.0. The van der Waals surface area contributed by atoms with Gasteiger partial charge in [-0.25, -0.2) is 16.8 Å². The number of nitrogens with zero attached hydrogens (tertiary/aromatic N) is 3. The van der Waals surface area contributed by atoms with Gasteiger partial charge in [0.2, 0.25) is 5.91 Å². The SMILES string of the molecule is COc1ccc(S(=O)(=O)N(CC(=O)O)c2cc(/C=C\C(=O)N3CCCC3)c(N(CC(=O)O)S(=O)(=O)c3ccc(OC)cc3)c3ccccc23)cc1. The zero-order valence-corrected chi connectivity index (χ0v) is 29.3. The summed E-state index contributed by atoms with van der Waals surface area (Å²) in [6.07, 6.45) is 4.07. The fourth-order valence-corrected chi connectivity index (χ4v) is 8.64. The van der Waals surface area contributed by atoms with E-state index >= 15 is 0 Å². The number of amides is 1. The van der Waals surface area contributed by atoms with Crippen LogP contribution in [0.3, 0.4) is 0 Å². The van der Waals surface area contributed by atoms with Crippen molar-refractivity contribution in [2.45, 2.75) is 22.6 Å². The van der Waals surface area contributed by atoms with Crippen molar-refractivity contribution in [3.05, 3.63) is 90.5 Å². The number of aliphatic carboxylic acids is 2. The Kier molecular flexibility index (Phi) is 10.9. The van der Waals surface area contributed by atoms with E-state index in [1.54, 1.807) is 11.0 Å². The van der Waals surface area contributed by atoms with Gasteiger partial charge in [0.05, 0.1) is 35.4 Å². The Morgan fingerprint density at radius 2 is 1.20 bits per heavy atom. The molecule has 0 spiro atoms. The number of likely N-dealkylation sites (tertiary alicyclic amines) is 1. The quantitative estimate of drug-likeness (QED) is 0.178. The van der Waals surface area contributed by atoms with E-state index in [0.717, 1.165) is 12.8 Å². The summed E-state index contributed by atoms with van der Waals surface area (Å²) in [6, 6.07) is 17.9. The van der Waals surface area contributed by atoms with Crippen LogP contribution in [0.25, 0.3) is 16.8 Å². The molecule has 4 aromatic rings. The number of carboxylic acid groups (broad SMARTS) is 2. The maximum atomic E-state index is 14.3. The predicted octanol–water partition coefficient (Wildman–Crippen LogP) is 4.05. The van der Waals surface area contributed by atoms with Crippen molar-refractivity contribution >= 4 is 66.1 Å². The summed E-state index contributed by atoms with van der Waals surface area (Å²) in [5, 5.41) is 20.1. The maximum absolute atomic E-state index is 14.3. The zero-order valence-electron chi connectivity index (χ0n) is 27.6. The van der Waals surface area contributed by atoms with Gasteiger partial charge in [0.1, 0.15) is 24.6 Å². The molecule has 0 aromatic heterocycles. The molecule has 0 aliphatic carbocycles. The summed E-state index contributed by atoms with van der Waals surface area (Å²) in [6.45, 7) is -1.08. The lowest BCUT2D eigenvalue weighted by Gasteiger charge is -2.30. The summed E-state index contributed by atoms with van der Waals surface area (Å²) in [4.78, 5) is 38.8. The van der Waals surface area contributed by atoms with Crippen molar-refractivity contribution in [2.24, 2.45) is 0 Å². The summed E-state index contributed by atoms with van der Waals surface area (Å²) < 4.78 is 68.6. The van der Waals surface area contributed by atoms with E-state index in [4.69, 9.17) is 9.47 Å². The van der Waals surface area contributed by atoms with Crippen LogP contribution in [0.1, 0.15) is 18.4 Å². The third kappa shape index (κ3) is 7.76. The topological polar surface area (TPSA) is 188 Å².